The van der Waals surface area contributed by atoms with Crippen molar-refractivity contribution >= 4 is 22.6 Å². The summed E-state index contributed by atoms with van der Waals surface area (Å²) in [7, 11) is 0. The molecule has 31 heavy (non-hydrogen) atoms. The van der Waals surface area contributed by atoms with Gasteiger partial charge in [-0.3, -0.25) is 14.8 Å². The molecular weight excluding hydrogens is 388 g/mol. The molecule has 0 aliphatic heterocycles. The average molecular weight is 412 g/mol. The summed E-state index contributed by atoms with van der Waals surface area (Å²) in [5.74, 6) is 0.201. The first-order chi connectivity index (χ1) is 14.9. The van der Waals surface area contributed by atoms with Crippen LogP contribution in [0.15, 0.2) is 48.9 Å². The van der Waals surface area contributed by atoms with Gasteiger partial charge in [0.05, 0.1) is 17.4 Å². The van der Waals surface area contributed by atoms with E-state index < -0.39 is 0 Å². The van der Waals surface area contributed by atoms with Crippen LogP contribution in [0.4, 0.5) is 5.82 Å². The Balaban J connectivity index is 1.48. The first kappa shape index (κ1) is 20.4. The SMILES string of the molecule is Cc1cnc2ccc(Cc3cncc(C(=O)NCc4c(C)cc(N)nc4C)n3)cc2c1. The largest absolute Gasteiger partial charge is 0.384 e. The molecule has 0 radical (unpaired) electrons. The molecule has 0 bridgehead atoms. The molecule has 156 valence electrons. The molecule has 3 N–H and O–H groups in total. The van der Waals surface area contributed by atoms with Crippen LogP contribution >= 0.6 is 0 Å². The molecule has 0 saturated carbocycles. The van der Waals surface area contributed by atoms with Gasteiger partial charge in [-0.15, -0.1) is 0 Å². The van der Waals surface area contributed by atoms with Crippen LogP contribution in [0.2, 0.25) is 0 Å². The van der Waals surface area contributed by atoms with Crippen LogP contribution in [0, 0.1) is 20.8 Å². The molecule has 1 aromatic carbocycles. The minimum absolute atomic E-state index is 0.275. The van der Waals surface area contributed by atoms with Crippen molar-refractivity contribution in [3.05, 3.63) is 88.3 Å². The molecular formula is C24H24N6O. The fourth-order valence-corrected chi connectivity index (χ4v) is 3.63. The van der Waals surface area contributed by atoms with Crippen molar-refractivity contribution in [3.8, 4) is 0 Å². The fourth-order valence-electron chi connectivity index (χ4n) is 3.63. The van der Waals surface area contributed by atoms with Gasteiger partial charge in [0.2, 0.25) is 0 Å². The van der Waals surface area contributed by atoms with Crippen LogP contribution < -0.4 is 11.1 Å². The number of pyridine rings is 2. The lowest BCUT2D eigenvalue weighted by molar-refractivity contribution is 0.0945. The summed E-state index contributed by atoms with van der Waals surface area (Å²) < 4.78 is 0. The number of fused-ring (bicyclic) bond motifs is 1. The van der Waals surface area contributed by atoms with Gasteiger partial charge in [-0.05, 0) is 67.3 Å². The first-order valence-corrected chi connectivity index (χ1v) is 10.1. The third kappa shape index (κ3) is 4.66. The second-order valence-electron chi connectivity index (χ2n) is 7.72. The minimum Gasteiger partial charge on any atom is -0.384 e. The molecule has 3 heterocycles. The molecule has 0 aliphatic carbocycles. The second-order valence-corrected chi connectivity index (χ2v) is 7.72. The first-order valence-electron chi connectivity index (χ1n) is 10.1. The van der Waals surface area contributed by atoms with Gasteiger partial charge in [0, 0.05) is 36.4 Å². The van der Waals surface area contributed by atoms with Gasteiger partial charge in [-0.2, -0.15) is 0 Å². The number of nitrogen functional groups attached to an aromatic ring is 1. The number of benzene rings is 1. The Kier molecular flexibility index (Phi) is 5.58. The smallest absolute Gasteiger partial charge is 0.271 e. The second kappa shape index (κ2) is 8.47. The van der Waals surface area contributed by atoms with Crippen LogP contribution in [-0.2, 0) is 13.0 Å². The maximum atomic E-state index is 12.7. The molecule has 0 saturated heterocycles. The molecule has 4 rings (SSSR count). The maximum absolute atomic E-state index is 12.7. The lowest BCUT2D eigenvalue weighted by Crippen LogP contribution is -2.25. The number of carbonyl (C=O) groups is 1. The summed E-state index contributed by atoms with van der Waals surface area (Å²) in [5, 5.41) is 3.99. The summed E-state index contributed by atoms with van der Waals surface area (Å²) in [6, 6.07) is 10.0. The van der Waals surface area contributed by atoms with E-state index in [1.54, 1.807) is 12.3 Å². The number of carbonyl (C=O) groups excluding carboxylic acids is 1. The van der Waals surface area contributed by atoms with E-state index in [9.17, 15) is 4.79 Å². The summed E-state index contributed by atoms with van der Waals surface area (Å²) in [6.07, 6.45) is 5.61. The molecule has 4 aromatic rings. The predicted octanol–water partition coefficient (Wildman–Crippen LogP) is 3.45. The number of aromatic nitrogens is 4. The highest BCUT2D eigenvalue weighted by molar-refractivity contribution is 5.92. The molecule has 0 atom stereocenters. The van der Waals surface area contributed by atoms with Crippen molar-refractivity contribution in [2.75, 3.05) is 5.73 Å². The zero-order valence-electron chi connectivity index (χ0n) is 17.8. The number of amides is 1. The quantitative estimate of drug-likeness (QED) is 0.520. The van der Waals surface area contributed by atoms with Crippen LogP contribution in [-0.4, -0.2) is 25.8 Å². The summed E-state index contributed by atoms with van der Waals surface area (Å²) in [4.78, 5) is 30.1. The van der Waals surface area contributed by atoms with Crippen molar-refractivity contribution in [1.82, 2.24) is 25.3 Å². The minimum atomic E-state index is -0.275. The number of rotatable bonds is 5. The molecule has 7 heteroatoms. The number of hydrogen-bond donors (Lipinski definition) is 2. The van der Waals surface area contributed by atoms with Crippen LogP contribution in [0.25, 0.3) is 10.9 Å². The third-order valence-corrected chi connectivity index (χ3v) is 5.18. The zero-order chi connectivity index (χ0) is 22.0. The van der Waals surface area contributed by atoms with Crippen LogP contribution in [0.3, 0.4) is 0 Å². The van der Waals surface area contributed by atoms with Gasteiger partial charge < -0.3 is 11.1 Å². The van der Waals surface area contributed by atoms with E-state index in [-0.39, 0.29) is 11.6 Å². The molecule has 0 fully saturated rings. The van der Waals surface area contributed by atoms with Crippen molar-refractivity contribution in [2.24, 2.45) is 0 Å². The van der Waals surface area contributed by atoms with Crippen molar-refractivity contribution in [1.29, 1.82) is 0 Å². The van der Waals surface area contributed by atoms with Gasteiger partial charge in [-0.1, -0.05) is 6.07 Å². The summed E-state index contributed by atoms with van der Waals surface area (Å²) >= 11 is 0. The standard InChI is InChI=1S/C24H24N6O/c1-14-6-18-8-17(4-5-21(18)27-10-14)9-19-11-26-13-22(30-19)24(31)28-12-20-15(2)7-23(25)29-16(20)3/h4-8,10-11,13H,9,12H2,1-3H3,(H2,25,29)(H,28,31). The van der Waals surface area contributed by atoms with E-state index in [0.29, 0.717) is 18.8 Å². The van der Waals surface area contributed by atoms with Crippen LogP contribution in [0.1, 0.15) is 44.1 Å². The van der Waals surface area contributed by atoms with Crippen LogP contribution in [0.5, 0.6) is 0 Å². The Bertz CT molecular complexity index is 1260. The third-order valence-electron chi connectivity index (χ3n) is 5.18. The molecule has 7 nitrogen and oxygen atoms in total. The Morgan fingerprint density at radius 3 is 2.68 bits per heavy atom. The van der Waals surface area contributed by atoms with Crippen molar-refractivity contribution in [2.45, 2.75) is 33.7 Å². The van der Waals surface area contributed by atoms with E-state index in [0.717, 1.165) is 44.5 Å². The highest BCUT2D eigenvalue weighted by Crippen LogP contribution is 2.18. The highest BCUT2D eigenvalue weighted by atomic mass is 16.1. The maximum Gasteiger partial charge on any atom is 0.271 e. The number of aryl methyl sites for hydroxylation is 3. The van der Waals surface area contributed by atoms with Crippen molar-refractivity contribution in [3.63, 3.8) is 0 Å². The zero-order valence-corrected chi connectivity index (χ0v) is 17.8. The molecule has 0 unspecified atom stereocenters. The van der Waals surface area contributed by atoms with E-state index in [4.69, 9.17) is 5.73 Å². The lowest BCUT2D eigenvalue weighted by Gasteiger charge is -2.11. The summed E-state index contributed by atoms with van der Waals surface area (Å²) in [5.41, 5.74) is 12.7. The predicted molar refractivity (Wildman–Crippen MR) is 121 cm³/mol. The van der Waals surface area contributed by atoms with Crippen molar-refractivity contribution < 1.29 is 4.79 Å². The Morgan fingerprint density at radius 2 is 1.87 bits per heavy atom. The number of nitrogens with two attached hydrogens (primary N) is 1. The number of nitrogens with zero attached hydrogens (tertiary/aromatic N) is 4. The lowest BCUT2D eigenvalue weighted by atomic mass is 10.1. The summed E-state index contributed by atoms with van der Waals surface area (Å²) in [6.45, 7) is 6.21. The van der Waals surface area contributed by atoms with Gasteiger partial charge in [-0.25, -0.2) is 9.97 Å². The topological polar surface area (TPSA) is 107 Å². The van der Waals surface area contributed by atoms with E-state index in [1.165, 1.54) is 6.20 Å². The monoisotopic (exact) mass is 412 g/mol. The fraction of sp³-hybridized carbons (Fsp3) is 0.208. The highest BCUT2D eigenvalue weighted by Gasteiger charge is 2.12. The van der Waals surface area contributed by atoms with E-state index >= 15 is 0 Å². The average Bonchev–Trinajstić information content (AvgIpc) is 2.72. The van der Waals surface area contributed by atoms with E-state index in [1.807, 2.05) is 39.1 Å². The van der Waals surface area contributed by atoms with Gasteiger partial charge >= 0.3 is 0 Å². The molecule has 0 aliphatic rings. The Hall–Kier alpha value is -3.87. The Labute approximate surface area is 180 Å². The number of anilines is 1. The van der Waals surface area contributed by atoms with Gasteiger partial charge in [0.1, 0.15) is 11.5 Å². The Morgan fingerprint density at radius 1 is 1.03 bits per heavy atom. The molecule has 1 amide bonds. The number of hydrogen-bond acceptors (Lipinski definition) is 6. The van der Waals surface area contributed by atoms with Gasteiger partial charge in [0.25, 0.3) is 5.91 Å². The molecule has 0 spiro atoms. The number of nitrogens with one attached hydrogen (secondary N) is 1. The van der Waals surface area contributed by atoms with Gasteiger partial charge in [0.15, 0.2) is 0 Å². The molecule has 3 aromatic heterocycles. The normalized spacial score (nSPS) is 10.9. The van der Waals surface area contributed by atoms with E-state index in [2.05, 4.69) is 37.4 Å².